The molecule has 0 aromatic heterocycles. The Labute approximate surface area is 106 Å². The van der Waals surface area contributed by atoms with Gasteiger partial charge in [0.2, 0.25) is 0 Å². The Balaban J connectivity index is 2.62. The quantitative estimate of drug-likeness (QED) is 0.591. The van der Waals surface area contributed by atoms with Gasteiger partial charge in [0.15, 0.2) is 0 Å². The van der Waals surface area contributed by atoms with Crippen molar-refractivity contribution in [3.63, 3.8) is 0 Å². The number of rotatable bonds is 3. The van der Waals surface area contributed by atoms with Gasteiger partial charge in [-0.1, -0.05) is 50.2 Å². The van der Waals surface area contributed by atoms with E-state index < -0.39 is 0 Å². The average molecular weight is 241 g/mol. The third kappa shape index (κ3) is 2.40. The molecule has 18 heavy (non-hydrogen) atoms. The van der Waals surface area contributed by atoms with E-state index in [1.807, 2.05) is 42.5 Å². The van der Waals surface area contributed by atoms with Crippen molar-refractivity contribution in [2.45, 2.75) is 19.8 Å². The molecule has 3 nitrogen and oxygen atoms in total. The maximum atomic E-state index is 11.1. The van der Waals surface area contributed by atoms with Gasteiger partial charge in [0, 0.05) is 6.07 Å². The van der Waals surface area contributed by atoms with Gasteiger partial charge in [-0.15, -0.1) is 0 Å². The van der Waals surface area contributed by atoms with Crippen LogP contribution in [-0.4, -0.2) is 4.92 Å². The van der Waals surface area contributed by atoms with E-state index in [-0.39, 0.29) is 10.6 Å². The number of benzene rings is 2. The van der Waals surface area contributed by atoms with Gasteiger partial charge in [-0.05, 0) is 23.1 Å². The molecule has 92 valence electrons. The lowest BCUT2D eigenvalue weighted by atomic mass is 9.96. The molecule has 0 unspecified atom stereocenters. The fourth-order valence-corrected chi connectivity index (χ4v) is 1.92. The molecule has 0 aliphatic rings. The zero-order chi connectivity index (χ0) is 13.1. The van der Waals surface area contributed by atoms with Crippen molar-refractivity contribution in [2.24, 2.45) is 0 Å². The van der Waals surface area contributed by atoms with Gasteiger partial charge in [-0.3, -0.25) is 10.1 Å². The van der Waals surface area contributed by atoms with E-state index in [0.29, 0.717) is 11.5 Å². The molecular weight excluding hydrogens is 226 g/mol. The van der Waals surface area contributed by atoms with Gasteiger partial charge in [0.25, 0.3) is 5.69 Å². The Morgan fingerprint density at radius 3 is 2.28 bits per heavy atom. The van der Waals surface area contributed by atoms with Crippen molar-refractivity contribution >= 4 is 5.69 Å². The SMILES string of the molecule is CC(C)c1ccc([N+](=O)[O-])c(-c2ccccc2)c1. The molecule has 0 saturated heterocycles. The highest BCUT2D eigenvalue weighted by molar-refractivity contribution is 5.74. The van der Waals surface area contributed by atoms with E-state index in [2.05, 4.69) is 13.8 Å². The van der Waals surface area contributed by atoms with Crippen molar-refractivity contribution in [1.82, 2.24) is 0 Å². The molecule has 0 aliphatic heterocycles. The fraction of sp³-hybridized carbons (Fsp3) is 0.200. The lowest BCUT2D eigenvalue weighted by Gasteiger charge is -2.09. The van der Waals surface area contributed by atoms with Crippen molar-refractivity contribution < 1.29 is 4.92 Å². The first kappa shape index (κ1) is 12.3. The summed E-state index contributed by atoms with van der Waals surface area (Å²) in [5.41, 5.74) is 2.84. The highest BCUT2D eigenvalue weighted by Crippen LogP contribution is 2.32. The third-order valence-electron chi connectivity index (χ3n) is 2.97. The maximum Gasteiger partial charge on any atom is 0.277 e. The van der Waals surface area contributed by atoms with Crippen molar-refractivity contribution in [3.8, 4) is 11.1 Å². The molecule has 0 atom stereocenters. The number of nitro benzene ring substituents is 1. The molecule has 2 rings (SSSR count). The molecule has 0 bridgehead atoms. The Morgan fingerprint density at radius 2 is 1.72 bits per heavy atom. The van der Waals surface area contributed by atoms with Crippen LogP contribution in [0.2, 0.25) is 0 Å². The molecular formula is C15H15NO2. The van der Waals surface area contributed by atoms with Crippen molar-refractivity contribution in [3.05, 3.63) is 64.2 Å². The molecule has 2 aromatic rings. The van der Waals surface area contributed by atoms with Crippen LogP contribution in [0.25, 0.3) is 11.1 Å². The van der Waals surface area contributed by atoms with Crippen LogP contribution in [-0.2, 0) is 0 Å². The first-order valence-corrected chi connectivity index (χ1v) is 5.93. The summed E-state index contributed by atoms with van der Waals surface area (Å²) in [5, 5.41) is 11.1. The molecule has 0 fully saturated rings. The predicted molar refractivity (Wildman–Crippen MR) is 72.6 cm³/mol. The summed E-state index contributed by atoms with van der Waals surface area (Å²) in [5.74, 6) is 0.355. The van der Waals surface area contributed by atoms with E-state index in [1.54, 1.807) is 6.07 Å². The topological polar surface area (TPSA) is 43.1 Å². The Hall–Kier alpha value is -2.16. The van der Waals surface area contributed by atoms with Crippen LogP contribution in [0.5, 0.6) is 0 Å². The molecule has 0 aliphatic carbocycles. The van der Waals surface area contributed by atoms with Gasteiger partial charge in [0.05, 0.1) is 10.5 Å². The normalized spacial score (nSPS) is 10.6. The second-order valence-corrected chi connectivity index (χ2v) is 4.55. The summed E-state index contributed by atoms with van der Waals surface area (Å²) >= 11 is 0. The van der Waals surface area contributed by atoms with Gasteiger partial charge in [-0.25, -0.2) is 0 Å². The molecule has 0 radical (unpaired) electrons. The standard InChI is InChI=1S/C15H15NO2/c1-11(2)13-8-9-15(16(17)18)14(10-13)12-6-4-3-5-7-12/h3-11H,1-2H3. The first-order chi connectivity index (χ1) is 8.59. The van der Waals surface area contributed by atoms with Gasteiger partial charge in [-0.2, -0.15) is 0 Å². The van der Waals surface area contributed by atoms with Crippen LogP contribution in [0.3, 0.4) is 0 Å². The zero-order valence-corrected chi connectivity index (χ0v) is 10.5. The minimum Gasteiger partial charge on any atom is -0.258 e. The molecule has 3 heteroatoms. The van der Waals surface area contributed by atoms with Gasteiger partial charge < -0.3 is 0 Å². The summed E-state index contributed by atoms with van der Waals surface area (Å²) in [6.45, 7) is 4.16. The van der Waals surface area contributed by atoms with Crippen LogP contribution in [0, 0.1) is 10.1 Å². The maximum absolute atomic E-state index is 11.1. The summed E-state index contributed by atoms with van der Waals surface area (Å²) in [7, 11) is 0. The molecule has 2 aromatic carbocycles. The third-order valence-corrected chi connectivity index (χ3v) is 2.97. The lowest BCUT2D eigenvalue weighted by Crippen LogP contribution is -1.95. The number of hydrogen-bond acceptors (Lipinski definition) is 2. The van der Waals surface area contributed by atoms with Crippen molar-refractivity contribution in [2.75, 3.05) is 0 Å². The largest absolute Gasteiger partial charge is 0.277 e. The van der Waals surface area contributed by atoms with Crippen LogP contribution in [0.4, 0.5) is 5.69 Å². The minimum absolute atomic E-state index is 0.158. The van der Waals surface area contributed by atoms with Crippen molar-refractivity contribution in [1.29, 1.82) is 0 Å². The van der Waals surface area contributed by atoms with Crippen LogP contribution in [0.15, 0.2) is 48.5 Å². The zero-order valence-electron chi connectivity index (χ0n) is 10.5. The Morgan fingerprint density at radius 1 is 1.06 bits per heavy atom. The highest BCUT2D eigenvalue weighted by atomic mass is 16.6. The molecule has 0 spiro atoms. The monoisotopic (exact) mass is 241 g/mol. The second kappa shape index (κ2) is 5.00. The lowest BCUT2D eigenvalue weighted by molar-refractivity contribution is -0.384. The minimum atomic E-state index is -0.327. The van der Waals surface area contributed by atoms with E-state index in [9.17, 15) is 10.1 Å². The summed E-state index contributed by atoms with van der Waals surface area (Å²) < 4.78 is 0. The van der Waals surface area contributed by atoms with Gasteiger partial charge >= 0.3 is 0 Å². The van der Waals surface area contributed by atoms with E-state index in [0.717, 1.165) is 11.1 Å². The highest BCUT2D eigenvalue weighted by Gasteiger charge is 2.16. The predicted octanol–water partition coefficient (Wildman–Crippen LogP) is 4.39. The van der Waals surface area contributed by atoms with E-state index in [1.165, 1.54) is 0 Å². The summed E-state index contributed by atoms with van der Waals surface area (Å²) in [4.78, 5) is 10.8. The van der Waals surface area contributed by atoms with Crippen LogP contribution in [0.1, 0.15) is 25.3 Å². The molecule has 0 amide bonds. The Kier molecular flexibility index (Phi) is 3.42. The molecule has 0 saturated carbocycles. The summed E-state index contributed by atoms with van der Waals surface area (Å²) in [6.07, 6.45) is 0. The fourth-order valence-electron chi connectivity index (χ4n) is 1.92. The number of hydrogen-bond donors (Lipinski definition) is 0. The smallest absolute Gasteiger partial charge is 0.258 e. The number of nitro groups is 1. The summed E-state index contributed by atoms with van der Waals surface area (Å²) in [6, 6.07) is 14.8. The van der Waals surface area contributed by atoms with Gasteiger partial charge in [0.1, 0.15) is 0 Å². The van der Waals surface area contributed by atoms with Crippen LogP contribution < -0.4 is 0 Å². The number of nitrogens with zero attached hydrogens (tertiary/aromatic N) is 1. The average Bonchev–Trinajstić information content (AvgIpc) is 2.39. The molecule has 0 N–H and O–H groups in total. The van der Waals surface area contributed by atoms with E-state index >= 15 is 0 Å². The van der Waals surface area contributed by atoms with E-state index in [4.69, 9.17) is 0 Å². The Bertz CT molecular complexity index is 562. The first-order valence-electron chi connectivity index (χ1n) is 5.93. The van der Waals surface area contributed by atoms with Crippen LogP contribution >= 0.6 is 0 Å². The molecule has 0 heterocycles. The second-order valence-electron chi connectivity index (χ2n) is 4.55.